The highest BCUT2D eigenvalue weighted by Crippen LogP contribution is 2.24. The Labute approximate surface area is 124 Å². The van der Waals surface area contributed by atoms with Crippen LogP contribution >= 0.6 is 11.3 Å². The highest BCUT2D eigenvalue weighted by molar-refractivity contribution is 7.10. The molecule has 1 aliphatic heterocycles. The summed E-state index contributed by atoms with van der Waals surface area (Å²) in [6.07, 6.45) is 3.76. The first-order chi connectivity index (χ1) is 10.1. The van der Waals surface area contributed by atoms with Crippen LogP contribution in [0.3, 0.4) is 0 Å². The van der Waals surface area contributed by atoms with Crippen molar-refractivity contribution >= 4 is 22.9 Å². The van der Waals surface area contributed by atoms with E-state index in [4.69, 9.17) is 0 Å². The van der Waals surface area contributed by atoms with E-state index in [1.807, 2.05) is 4.90 Å². The average Bonchev–Trinajstić information content (AvgIpc) is 3.12. The summed E-state index contributed by atoms with van der Waals surface area (Å²) >= 11 is 1.74. The zero-order chi connectivity index (χ0) is 14.8. The molecule has 0 N–H and O–H groups in total. The molecule has 1 amide bonds. The second-order valence-electron chi connectivity index (χ2n) is 4.90. The summed E-state index contributed by atoms with van der Waals surface area (Å²) in [5.74, 6) is 0.0602. The third-order valence-corrected chi connectivity index (χ3v) is 4.57. The van der Waals surface area contributed by atoms with E-state index in [-0.39, 0.29) is 11.6 Å². The monoisotopic (exact) mass is 306 g/mol. The molecule has 3 heterocycles. The summed E-state index contributed by atoms with van der Waals surface area (Å²) in [5.41, 5.74) is 1.18. The van der Waals surface area contributed by atoms with Crippen LogP contribution in [0.1, 0.15) is 16.9 Å². The van der Waals surface area contributed by atoms with Gasteiger partial charge in [-0.05, 0) is 23.4 Å². The van der Waals surface area contributed by atoms with Crippen LogP contribution in [0.15, 0.2) is 23.8 Å². The smallest absolute Gasteiger partial charge is 0.306 e. The van der Waals surface area contributed by atoms with Crippen LogP contribution in [0.4, 0.5) is 5.69 Å². The van der Waals surface area contributed by atoms with Crippen LogP contribution in [0, 0.1) is 10.1 Å². The lowest BCUT2D eigenvalue weighted by atomic mass is 10.1. The van der Waals surface area contributed by atoms with Crippen molar-refractivity contribution in [3.8, 4) is 0 Å². The maximum absolute atomic E-state index is 12.2. The predicted molar refractivity (Wildman–Crippen MR) is 76.9 cm³/mol. The molecule has 0 fully saturated rings. The van der Waals surface area contributed by atoms with Crippen LogP contribution in [0.5, 0.6) is 0 Å². The summed E-state index contributed by atoms with van der Waals surface area (Å²) < 4.78 is 1.44. The molecule has 3 rings (SSSR count). The highest BCUT2D eigenvalue weighted by Gasteiger charge is 2.21. The summed E-state index contributed by atoms with van der Waals surface area (Å²) in [6.45, 7) is 1.77. The van der Waals surface area contributed by atoms with Crippen molar-refractivity contribution in [3.63, 3.8) is 0 Å². The van der Waals surface area contributed by atoms with Gasteiger partial charge in [-0.15, -0.1) is 11.3 Å². The van der Waals surface area contributed by atoms with Crippen molar-refractivity contribution in [2.75, 3.05) is 6.54 Å². The average molecular weight is 306 g/mol. The third-order valence-electron chi connectivity index (χ3n) is 3.55. The number of hydrogen-bond donors (Lipinski definition) is 0. The third kappa shape index (κ3) is 2.94. The molecular formula is C13H14N4O3S. The maximum Gasteiger partial charge on any atom is 0.306 e. The highest BCUT2D eigenvalue weighted by atomic mass is 32.1. The second kappa shape index (κ2) is 5.65. The van der Waals surface area contributed by atoms with E-state index in [1.54, 1.807) is 11.3 Å². The molecule has 21 heavy (non-hydrogen) atoms. The lowest BCUT2D eigenvalue weighted by Gasteiger charge is -2.27. The number of rotatable bonds is 4. The van der Waals surface area contributed by atoms with Gasteiger partial charge in [0.1, 0.15) is 12.4 Å². The summed E-state index contributed by atoms with van der Waals surface area (Å²) in [4.78, 5) is 25.5. The van der Waals surface area contributed by atoms with Crippen molar-refractivity contribution in [1.29, 1.82) is 0 Å². The largest absolute Gasteiger partial charge is 0.338 e. The topological polar surface area (TPSA) is 81.3 Å². The fraction of sp³-hybridized carbons (Fsp3) is 0.385. The Balaban J connectivity index is 1.56. The van der Waals surface area contributed by atoms with Gasteiger partial charge in [0.25, 0.3) is 0 Å². The lowest BCUT2D eigenvalue weighted by Crippen LogP contribution is -2.35. The fourth-order valence-corrected chi connectivity index (χ4v) is 3.29. The quantitative estimate of drug-likeness (QED) is 0.637. The van der Waals surface area contributed by atoms with Gasteiger partial charge >= 0.3 is 5.69 Å². The van der Waals surface area contributed by atoms with Gasteiger partial charge in [-0.25, -0.2) is 0 Å². The first kappa shape index (κ1) is 13.7. The SMILES string of the molecule is O=C(CCn1cc([N+](=O)[O-])cn1)N1CCc2sccc2C1. The zero-order valence-corrected chi connectivity index (χ0v) is 12.1. The molecule has 0 radical (unpaired) electrons. The Hall–Kier alpha value is -2.22. The van der Waals surface area contributed by atoms with E-state index in [1.165, 1.54) is 27.5 Å². The molecule has 0 spiro atoms. The standard InChI is InChI=1S/C13H14N4O3S/c18-13(2-5-16-9-11(7-14-16)17(19)20)15-4-1-12-10(8-15)3-6-21-12/h3,6-7,9H,1-2,4-5,8H2. The molecule has 110 valence electrons. The van der Waals surface area contributed by atoms with Crippen molar-refractivity contribution in [2.45, 2.75) is 25.9 Å². The number of amides is 1. The lowest BCUT2D eigenvalue weighted by molar-refractivity contribution is -0.385. The van der Waals surface area contributed by atoms with E-state index in [9.17, 15) is 14.9 Å². The molecule has 0 saturated carbocycles. The Morgan fingerprint density at radius 1 is 1.52 bits per heavy atom. The van der Waals surface area contributed by atoms with Crippen LogP contribution in [0.25, 0.3) is 0 Å². The first-order valence-electron chi connectivity index (χ1n) is 6.63. The first-order valence-corrected chi connectivity index (χ1v) is 7.51. The number of nitrogens with zero attached hydrogens (tertiary/aromatic N) is 4. The number of carbonyl (C=O) groups excluding carboxylic acids is 1. The molecule has 0 unspecified atom stereocenters. The van der Waals surface area contributed by atoms with Gasteiger partial charge in [0.15, 0.2) is 0 Å². The molecule has 7 nitrogen and oxygen atoms in total. The fourth-order valence-electron chi connectivity index (χ4n) is 2.40. The molecule has 2 aromatic rings. The molecule has 0 atom stereocenters. The number of thiophene rings is 1. The summed E-state index contributed by atoms with van der Waals surface area (Å²) in [7, 11) is 0. The second-order valence-corrected chi connectivity index (χ2v) is 5.90. The molecule has 1 aliphatic rings. The van der Waals surface area contributed by atoms with Crippen LogP contribution in [0.2, 0.25) is 0 Å². The van der Waals surface area contributed by atoms with Gasteiger partial charge in [-0.1, -0.05) is 0 Å². The van der Waals surface area contributed by atoms with Crippen LogP contribution in [-0.4, -0.2) is 32.1 Å². The van der Waals surface area contributed by atoms with Gasteiger partial charge in [-0.2, -0.15) is 5.10 Å². The Morgan fingerprint density at radius 3 is 3.14 bits per heavy atom. The number of fused-ring (bicyclic) bond motifs is 1. The summed E-state index contributed by atoms with van der Waals surface area (Å²) in [5, 5.41) is 16.5. The van der Waals surface area contributed by atoms with Gasteiger partial charge in [0.05, 0.1) is 4.92 Å². The molecule has 0 aromatic carbocycles. The minimum Gasteiger partial charge on any atom is -0.338 e. The van der Waals surface area contributed by atoms with Crippen molar-refractivity contribution in [1.82, 2.24) is 14.7 Å². The van der Waals surface area contributed by atoms with Crippen molar-refractivity contribution < 1.29 is 9.72 Å². The molecule has 0 bridgehead atoms. The number of nitro groups is 1. The minimum atomic E-state index is -0.492. The normalized spacial score (nSPS) is 14.0. The number of aryl methyl sites for hydroxylation is 1. The van der Waals surface area contributed by atoms with Crippen LogP contribution in [-0.2, 0) is 24.3 Å². The van der Waals surface area contributed by atoms with Crippen molar-refractivity contribution in [2.24, 2.45) is 0 Å². The molecule has 2 aromatic heterocycles. The van der Waals surface area contributed by atoms with E-state index < -0.39 is 4.92 Å². The van der Waals surface area contributed by atoms with E-state index in [0.29, 0.717) is 19.5 Å². The Kier molecular flexibility index (Phi) is 3.70. The summed E-state index contributed by atoms with van der Waals surface area (Å²) in [6, 6.07) is 2.07. The molecular weight excluding hydrogens is 292 g/mol. The predicted octanol–water partition coefficient (Wildman–Crippen LogP) is 1.83. The number of hydrogen-bond acceptors (Lipinski definition) is 5. The van der Waals surface area contributed by atoms with Gasteiger partial charge in [-0.3, -0.25) is 19.6 Å². The van der Waals surface area contributed by atoms with Gasteiger partial charge in [0.2, 0.25) is 5.91 Å². The van der Waals surface area contributed by atoms with E-state index in [2.05, 4.69) is 16.5 Å². The molecule has 8 heteroatoms. The van der Waals surface area contributed by atoms with E-state index in [0.717, 1.165) is 13.0 Å². The van der Waals surface area contributed by atoms with Gasteiger partial charge < -0.3 is 4.90 Å². The Morgan fingerprint density at radius 2 is 2.38 bits per heavy atom. The van der Waals surface area contributed by atoms with Crippen LogP contribution < -0.4 is 0 Å². The van der Waals surface area contributed by atoms with Gasteiger partial charge in [0, 0.05) is 30.9 Å². The minimum absolute atomic E-state index is 0.0525. The number of carbonyl (C=O) groups is 1. The Bertz CT molecular complexity index is 679. The molecule has 0 saturated heterocycles. The van der Waals surface area contributed by atoms with Crippen molar-refractivity contribution in [3.05, 3.63) is 44.4 Å². The zero-order valence-electron chi connectivity index (χ0n) is 11.3. The number of aromatic nitrogens is 2. The van der Waals surface area contributed by atoms with E-state index >= 15 is 0 Å². The maximum atomic E-state index is 12.2. The molecule has 0 aliphatic carbocycles.